The normalized spacial score (nSPS) is 19.6. The van der Waals surface area contributed by atoms with Crippen LogP contribution in [0.3, 0.4) is 0 Å². The third-order valence-corrected chi connectivity index (χ3v) is 3.11. The Morgan fingerprint density at radius 3 is 2.31 bits per heavy atom. The fourth-order valence-corrected chi connectivity index (χ4v) is 2.29. The molecule has 0 unspecified atom stereocenters. The van der Waals surface area contributed by atoms with Crippen molar-refractivity contribution in [1.29, 1.82) is 5.26 Å². The summed E-state index contributed by atoms with van der Waals surface area (Å²) in [4.78, 5) is 14.0. The average molecular weight is 220 g/mol. The molecule has 3 heteroatoms. The third-order valence-electron chi connectivity index (χ3n) is 3.11. The van der Waals surface area contributed by atoms with Gasteiger partial charge in [-0.3, -0.25) is 4.79 Å². The van der Waals surface area contributed by atoms with Crippen LogP contribution in [0.5, 0.6) is 0 Å². The van der Waals surface area contributed by atoms with Crippen LogP contribution in [-0.2, 0) is 4.79 Å². The molecule has 0 amide bonds. The molecular formula is C13H20N2O. The largest absolute Gasteiger partial charge is 0.374 e. The number of hydrogen-bond acceptors (Lipinski definition) is 3. The van der Waals surface area contributed by atoms with E-state index < -0.39 is 0 Å². The van der Waals surface area contributed by atoms with Gasteiger partial charge in [-0.1, -0.05) is 13.8 Å². The van der Waals surface area contributed by atoms with Gasteiger partial charge in [-0.2, -0.15) is 5.26 Å². The smallest absolute Gasteiger partial charge is 0.175 e. The Kier molecular flexibility index (Phi) is 3.74. The van der Waals surface area contributed by atoms with Gasteiger partial charge in [0.05, 0.1) is 0 Å². The molecule has 16 heavy (non-hydrogen) atoms. The molecule has 0 atom stereocenters. The van der Waals surface area contributed by atoms with Crippen LogP contribution in [0.25, 0.3) is 0 Å². The molecule has 0 aliphatic heterocycles. The van der Waals surface area contributed by atoms with Gasteiger partial charge in [0, 0.05) is 25.2 Å². The van der Waals surface area contributed by atoms with Crippen LogP contribution in [0, 0.1) is 16.7 Å². The molecule has 0 fully saturated rings. The second kappa shape index (κ2) is 4.69. The maximum atomic E-state index is 11.9. The van der Waals surface area contributed by atoms with Gasteiger partial charge in [-0.15, -0.1) is 0 Å². The number of rotatable bonds is 3. The molecule has 0 aromatic rings. The summed E-state index contributed by atoms with van der Waals surface area (Å²) in [5, 5.41) is 9.09. The van der Waals surface area contributed by atoms with Crippen molar-refractivity contribution in [2.24, 2.45) is 5.41 Å². The number of nitrogens with zero attached hydrogens (tertiary/aromatic N) is 2. The highest BCUT2D eigenvalue weighted by atomic mass is 16.1. The van der Waals surface area contributed by atoms with Crippen molar-refractivity contribution < 1.29 is 4.79 Å². The minimum Gasteiger partial charge on any atom is -0.374 e. The molecule has 1 aliphatic rings. The van der Waals surface area contributed by atoms with Gasteiger partial charge < -0.3 is 4.90 Å². The summed E-state index contributed by atoms with van der Waals surface area (Å²) in [5.41, 5.74) is 1.30. The van der Waals surface area contributed by atoms with Gasteiger partial charge in [0.25, 0.3) is 0 Å². The minimum atomic E-state index is -0.0185. The van der Waals surface area contributed by atoms with E-state index in [2.05, 4.69) is 38.7 Å². The van der Waals surface area contributed by atoms with Gasteiger partial charge >= 0.3 is 0 Å². The minimum absolute atomic E-state index is 0.000602. The van der Waals surface area contributed by atoms with Gasteiger partial charge in [0.15, 0.2) is 5.78 Å². The number of ketones is 1. The standard InChI is InChI=1S/C13H20N2O/c1-5-15(6-2)11-7-13(3,4)8-12(16)10(11)9-14/h5-8H2,1-4H3. The maximum absolute atomic E-state index is 11.9. The lowest BCUT2D eigenvalue weighted by Gasteiger charge is -2.35. The molecule has 1 aliphatic carbocycles. The first kappa shape index (κ1) is 12.8. The molecule has 1 rings (SSSR count). The van der Waals surface area contributed by atoms with Crippen LogP contribution >= 0.6 is 0 Å². The Balaban J connectivity index is 3.17. The summed E-state index contributed by atoms with van der Waals surface area (Å²) in [5.74, 6) is 0.000602. The molecule has 0 bridgehead atoms. The number of hydrogen-bond donors (Lipinski definition) is 0. The van der Waals surface area contributed by atoms with E-state index in [1.54, 1.807) is 0 Å². The highest BCUT2D eigenvalue weighted by Gasteiger charge is 2.34. The average Bonchev–Trinajstić information content (AvgIpc) is 2.17. The van der Waals surface area contributed by atoms with Crippen molar-refractivity contribution >= 4 is 5.78 Å². The van der Waals surface area contributed by atoms with Crippen molar-refractivity contribution in [3.63, 3.8) is 0 Å². The van der Waals surface area contributed by atoms with Crippen LogP contribution in [-0.4, -0.2) is 23.8 Å². The van der Waals surface area contributed by atoms with Crippen LogP contribution in [0.15, 0.2) is 11.3 Å². The quantitative estimate of drug-likeness (QED) is 0.734. The molecule has 0 radical (unpaired) electrons. The Bertz CT molecular complexity index is 357. The zero-order valence-corrected chi connectivity index (χ0v) is 10.6. The Morgan fingerprint density at radius 1 is 1.31 bits per heavy atom. The van der Waals surface area contributed by atoms with Gasteiger partial charge in [0.1, 0.15) is 11.6 Å². The maximum Gasteiger partial charge on any atom is 0.175 e. The fourth-order valence-electron chi connectivity index (χ4n) is 2.29. The molecular weight excluding hydrogens is 200 g/mol. The highest BCUT2D eigenvalue weighted by molar-refractivity contribution is 6.01. The lowest BCUT2D eigenvalue weighted by atomic mass is 9.75. The third kappa shape index (κ3) is 2.44. The first-order chi connectivity index (χ1) is 7.45. The van der Waals surface area contributed by atoms with E-state index in [1.165, 1.54) is 0 Å². The van der Waals surface area contributed by atoms with E-state index in [0.29, 0.717) is 12.0 Å². The lowest BCUT2D eigenvalue weighted by Crippen LogP contribution is -2.34. The van der Waals surface area contributed by atoms with Crippen molar-refractivity contribution in [2.75, 3.05) is 13.1 Å². The zero-order chi connectivity index (χ0) is 12.3. The summed E-state index contributed by atoms with van der Waals surface area (Å²) < 4.78 is 0. The van der Waals surface area contributed by atoms with E-state index in [4.69, 9.17) is 5.26 Å². The summed E-state index contributed by atoms with van der Waals surface area (Å²) >= 11 is 0. The molecule has 3 nitrogen and oxygen atoms in total. The topological polar surface area (TPSA) is 44.1 Å². The number of allylic oxidation sites excluding steroid dienone is 2. The Morgan fingerprint density at radius 2 is 1.88 bits per heavy atom. The van der Waals surface area contributed by atoms with Crippen molar-refractivity contribution in [3.8, 4) is 6.07 Å². The molecule has 0 spiro atoms. The number of nitriles is 1. The molecule has 0 aromatic heterocycles. The van der Waals surface area contributed by atoms with E-state index in [9.17, 15) is 4.79 Å². The van der Waals surface area contributed by atoms with Crippen molar-refractivity contribution in [1.82, 2.24) is 4.90 Å². The summed E-state index contributed by atoms with van der Waals surface area (Å²) in [6.45, 7) is 9.97. The van der Waals surface area contributed by atoms with Crippen LogP contribution in [0.4, 0.5) is 0 Å². The predicted octanol–water partition coefficient (Wildman–Crippen LogP) is 2.49. The van der Waals surface area contributed by atoms with Gasteiger partial charge in [0.2, 0.25) is 0 Å². The fraction of sp³-hybridized carbons (Fsp3) is 0.692. The van der Waals surface area contributed by atoms with E-state index in [0.717, 1.165) is 25.2 Å². The first-order valence-corrected chi connectivity index (χ1v) is 5.86. The van der Waals surface area contributed by atoms with Crippen LogP contribution in [0.1, 0.15) is 40.5 Å². The van der Waals surface area contributed by atoms with Gasteiger partial charge in [-0.05, 0) is 25.7 Å². The summed E-state index contributed by atoms with van der Waals surface area (Å²) in [7, 11) is 0. The first-order valence-electron chi connectivity index (χ1n) is 5.86. The second-order valence-corrected chi connectivity index (χ2v) is 5.05. The molecule has 88 valence electrons. The van der Waals surface area contributed by atoms with E-state index in [-0.39, 0.29) is 11.2 Å². The Hall–Kier alpha value is -1.30. The number of carbonyl (C=O) groups excluding carboxylic acids is 1. The molecule has 0 saturated carbocycles. The predicted molar refractivity (Wildman–Crippen MR) is 63.6 cm³/mol. The lowest BCUT2D eigenvalue weighted by molar-refractivity contribution is -0.117. The van der Waals surface area contributed by atoms with Crippen LogP contribution < -0.4 is 0 Å². The molecule has 0 saturated heterocycles. The second-order valence-electron chi connectivity index (χ2n) is 5.05. The number of Topliss-reactive ketones (excluding diaryl/α,β-unsaturated/α-hetero) is 1. The zero-order valence-electron chi connectivity index (χ0n) is 10.6. The molecule has 0 heterocycles. The SMILES string of the molecule is CCN(CC)C1=C(C#N)C(=O)CC(C)(C)C1. The van der Waals surface area contributed by atoms with Crippen LogP contribution in [0.2, 0.25) is 0 Å². The summed E-state index contributed by atoms with van der Waals surface area (Å²) in [6, 6.07) is 2.08. The highest BCUT2D eigenvalue weighted by Crippen LogP contribution is 2.37. The molecule has 0 N–H and O–H groups in total. The Labute approximate surface area is 97.7 Å². The van der Waals surface area contributed by atoms with E-state index >= 15 is 0 Å². The number of carbonyl (C=O) groups is 1. The summed E-state index contributed by atoms with van der Waals surface area (Å²) in [6.07, 6.45) is 1.31. The van der Waals surface area contributed by atoms with Crippen molar-refractivity contribution in [2.45, 2.75) is 40.5 Å². The van der Waals surface area contributed by atoms with Crippen molar-refractivity contribution in [3.05, 3.63) is 11.3 Å². The van der Waals surface area contributed by atoms with E-state index in [1.807, 2.05) is 0 Å². The molecule has 0 aromatic carbocycles. The van der Waals surface area contributed by atoms with Gasteiger partial charge in [-0.25, -0.2) is 0 Å². The monoisotopic (exact) mass is 220 g/mol.